The van der Waals surface area contributed by atoms with E-state index in [-0.39, 0.29) is 17.5 Å². The summed E-state index contributed by atoms with van der Waals surface area (Å²) in [6.07, 6.45) is 3.46. The van der Waals surface area contributed by atoms with Gasteiger partial charge >= 0.3 is 0 Å². The Kier molecular flexibility index (Phi) is 5.80. The second kappa shape index (κ2) is 7.91. The summed E-state index contributed by atoms with van der Waals surface area (Å²) in [4.78, 5) is 17.2. The Hall–Kier alpha value is -1.69. The maximum Gasteiger partial charge on any atom is 0.257 e. The van der Waals surface area contributed by atoms with Crippen molar-refractivity contribution < 1.29 is 18.3 Å². The lowest BCUT2D eigenvalue weighted by atomic mass is 10.0. The Balaban J connectivity index is 1.80. The van der Waals surface area contributed by atoms with Crippen LogP contribution in [0.25, 0.3) is 0 Å². The molecule has 1 aliphatic heterocycles. The molecule has 0 N–H and O–H groups in total. The van der Waals surface area contributed by atoms with Crippen LogP contribution >= 0.6 is 0 Å². The highest BCUT2D eigenvalue weighted by Gasteiger charge is 2.34. The highest BCUT2D eigenvalue weighted by molar-refractivity contribution is 5.95. The maximum absolute atomic E-state index is 14.5. The van der Waals surface area contributed by atoms with Crippen molar-refractivity contribution in [2.45, 2.75) is 39.2 Å². The Morgan fingerprint density at radius 2 is 2.00 bits per heavy atom. The molecule has 3 rings (SSSR count). The van der Waals surface area contributed by atoms with Gasteiger partial charge in [0.1, 0.15) is 0 Å². The minimum atomic E-state index is -0.919. The zero-order chi connectivity index (χ0) is 18.8. The molecule has 1 atom stereocenters. The molecule has 1 saturated heterocycles. The summed E-state index contributed by atoms with van der Waals surface area (Å²) in [7, 11) is 1.20. The summed E-state index contributed by atoms with van der Waals surface area (Å²) in [6, 6.07) is 2.56. The molecule has 144 valence electrons. The molecule has 1 heterocycles. The number of carbonyl (C=O) groups is 1. The van der Waals surface area contributed by atoms with Gasteiger partial charge in [0, 0.05) is 32.2 Å². The predicted octanol–water partition coefficient (Wildman–Crippen LogP) is 3.56. The smallest absolute Gasteiger partial charge is 0.257 e. The van der Waals surface area contributed by atoms with Crippen LogP contribution in [0.15, 0.2) is 12.1 Å². The molecule has 6 heteroatoms. The molecule has 0 aromatic heterocycles. The number of nitrogens with zero attached hydrogens (tertiary/aromatic N) is 2. The number of rotatable bonds is 5. The van der Waals surface area contributed by atoms with Crippen molar-refractivity contribution in [1.82, 2.24) is 9.80 Å². The largest absolute Gasteiger partial charge is 0.491 e. The first-order chi connectivity index (χ1) is 12.4. The minimum absolute atomic E-state index is 0.124. The molecule has 2 aliphatic rings. The quantitative estimate of drug-likeness (QED) is 0.799. The molecule has 2 fully saturated rings. The van der Waals surface area contributed by atoms with E-state index in [1.165, 1.54) is 26.0 Å². The van der Waals surface area contributed by atoms with Crippen LogP contribution in [0, 0.1) is 23.5 Å². The van der Waals surface area contributed by atoms with Crippen molar-refractivity contribution in [3.63, 3.8) is 0 Å². The zero-order valence-electron chi connectivity index (χ0n) is 15.8. The van der Waals surface area contributed by atoms with Crippen LogP contribution in [-0.2, 0) is 0 Å². The van der Waals surface area contributed by atoms with E-state index in [1.807, 2.05) is 0 Å². The van der Waals surface area contributed by atoms with Crippen LogP contribution in [0.3, 0.4) is 0 Å². The van der Waals surface area contributed by atoms with Gasteiger partial charge in [-0.2, -0.15) is 0 Å². The third kappa shape index (κ3) is 4.00. The summed E-state index contributed by atoms with van der Waals surface area (Å²) in [5.41, 5.74) is -0.124. The van der Waals surface area contributed by atoms with Gasteiger partial charge in [-0.05, 0) is 43.2 Å². The van der Waals surface area contributed by atoms with E-state index in [1.54, 1.807) is 4.90 Å². The molecule has 0 spiro atoms. The molecule has 1 saturated carbocycles. The summed E-state index contributed by atoms with van der Waals surface area (Å²) >= 11 is 0. The average molecular weight is 366 g/mol. The number of halogens is 2. The summed E-state index contributed by atoms with van der Waals surface area (Å²) in [5.74, 6) is -1.42. The van der Waals surface area contributed by atoms with Gasteiger partial charge in [0.05, 0.1) is 12.7 Å². The van der Waals surface area contributed by atoms with Gasteiger partial charge in [-0.15, -0.1) is 0 Å². The van der Waals surface area contributed by atoms with E-state index >= 15 is 0 Å². The van der Waals surface area contributed by atoms with Crippen LogP contribution < -0.4 is 4.74 Å². The molecule has 1 aromatic rings. The Morgan fingerprint density at radius 1 is 1.27 bits per heavy atom. The van der Waals surface area contributed by atoms with Gasteiger partial charge in [-0.25, -0.2) is 8.78 Å². The minimum Gasteiger partial charge on any atom is -0.491 e. The molecular formula is C20H28F2N2O2. The van der Waals surface area contributed by atoms with Crippen molar-refractivity contribution in [2.24, 2.45) is 11.8 Å². The van der Waals surface area contributed by atoms with E-state index in [0.29, 0.717) is 19.0 Å². The summed E-state index contributed by atoms with van der Waals surface area (Å²) in [5, 5.41) is 0. The monoisotopic (exact) mass is 366 g/mol. The zero-order valence-corrected chi connectivity index (χ0v) is 15.8. The molecule has 0 radical (unpaired) electrons. The van der Waals surface area contributed by atoms with Gasteiger partial charge in [0.2, 0.25) is 0 Å². The average Bonchev–Trinajstić information content (AvgIpc) is 3.42. The number of carbonyl (C=O) groups excluding carboxylic acids is 1. The molecular weight excluding hydrogens is 338 g/mol. The summed E-state index contributed by atoms with van der Waals surface area (Å²) in [6.45, 7) is 7.53. The lowest BCUT2D eigenvalue weighted by Crippen LogP contribution is -2.46. The number of ether oxygens (including phenoxy) is 1. The number of benzene rings is 1. The van der Waals surface area contributed by atoms with Crippen molar-refractivity contribution >= 4 is 5.91 Å². The maximum atomic E-state index is 14.5. The van der Waals surface area contributed by atoms with Crippen LogP contribution in [0.4, 0.5) is 8.78 Å². The van der Waals surface area contributed by atoms with Gasteiger partial charge < -0.3 is 9.64 Å². The van der Waals surface area contributed by atoms with Crippen LogP contribution in [-0.4, -0.2) is 55.0 Å². The molecule has 26 heavy (non-hydrogen) atoms. The standard InChI is InChI=1S/C20H28F2N2O2/c1-13(2)17-12-24(10-4-9-23(17)11-14-5-6-14)20(25)15-7-8-16(21)19(26-3)18(15)22/h7-8,13-14,17H,4-6,9-12H2,1-3H3/t17-/m1/s1. The highest BCUT2D eigenvalue weighted by Crippen LogP contribution is 2.32. The first-order valence-electron chi connectivity index (χ1n) is 9.47. The first kappa shape index (κ1) is 19.1. The number of hydrogen-bond acceptors (Lipinski definition) is 3. The van der Waals surface area contributed by atoms with Crippen LogP contribution in [0.2, 0.25) is 0 Å². The van der Waals surface area contributed by atoms with E-state index in [4.69, 9.17) is 4.74 Å². The van der Waals surface area contributed by atoms with Gasteiger partial charge in [0.15, 0.2) is 17.4 Å². The van der Waals surface area contributed by atoms with Gasteiger partial charge in [0.25, 0.3) is 5.91 Å². The third-order valence-electron chi connectivity index (χ3n) is 5.48. The fourth-order valence-electron chi connectivity index (χ4n) is 3.79. The molecule has 1 aromatic carbocycles. The van der Waals surface area contributed by atoms with Crippen molar-refractivity contribution in [2.75, 3.05) is 33.3 Å². The molecule has 0 unspecified atom stereocenters. The second-order valence-electron chi connectivity index (χ2n) is 7.80. The molecule has 1 amide bonds. The predicted molar refractivity (Wildman–Crippen MR) is 96.4 cm³/mol. The van der Waals surface area contributed by atoms with Crippen LogP contribution in [0.1, 0.15) is 43.5 Å². The third-order valence-corrected chi connectivity index (χ3v) is 5.48. The topological polar surface area (TPSA) is 32.8 Å². The van der Waals surface area contributed by atoms with E-state index in [0.717, 1.165) is 31.5 Å². The second-order valence-corrected chi connectivity index (χ2v) is 7.80. The number of amides is 1. The fourth-order valence-corrected chi connectivity index (χ4v) is 3.79. The van der Waals surface area contributed by atoms with Crippen LogP contribution in [0.5, 0.6) is 5.75 Å². The van der Waals surface area contributed by atoms with E-state index in [9.17, 15) is 13.6 Å². The SMILES string of the molecule is COc1c(F)ccc(C(=O)N2CCCN(CC3CC3)[C@@H](C(C)C)C2)c1F. The lowest BCUT2D eigenvalue weighted by Gasteiger charge is -2.34. The molecule has 0 bridgehead atoms. The Bertz CT molecular complexity index is 661. The number of hydrogen-bond donors (Lipinski definition) is 0. The summed E-state index contributed by atoms with van der Waals surface area (Å²) < 4.78 is 33.0. The highest BCUT2D eigenvalue weighted by atomic mass is 19.1. The Morgan fingerprint density at radius 3 is 2.62 bits per heavy atom. The van der Waals surface area contributed by atoms with Gasteiger partial charge in [-0.3, -0.25) is 9.69 Å². The van der Waals surface area contributed by atoms with Crippen molar-refractivity contribution in [3.05, 3.63) is 29.3 Å². The van der Waals surface area contributed by atoms with E-state index in [2.05, 4.69) is 18.7 Å². The van der Waals surface area contributed by atoms with E-state index < -0.39 is 17.4 Å². The fraction of sp³-hybridized carbons (Fsp3) is 0.650. The van der Waals surface area contributed by atoms with Crippen molar-refractivity contribution in [1.29, 1.82) is 0 Å². The number of methoxy groups -OCH3 is 1. The molecule has 1 aliphatic carbocycles. The Labute approximate surface area is 154 Å². The first-order valence-corrected chi connectivity index (χ1v) is 9.47. The lowest BCUT2D eigenvalue weighted by molar-refractivity contribution is 0.0699. The van der Waals surface area contributed by atoms with Gasteiger partial charge in [-0.1, -0.05) is 13.8 Å². The van der Waals surface area contributed by atoms with Crippen molar-refractivity contribution in [3.8, 4) is 5.75 Å². The normalized spacial score (nSPS) is 21.8. The molecule has 4 nitrogen and oxygen atoms in total.